The van der Waals surface area contributed by atoms with Crippen LogP contribution < -0.4 is 5.73 Å². The van der Waals surface area contributed by atoms with Crippen molar-refractivity contribution < 1.29 is 4.52 Å². The maximum Gasteiger partial charge on any atom is 0.231 e. The summed E-state index contributed by atoms with van der Waals surface area (Å²) in [6, 6.07) is 0. The highest BCUT2D eigenvalue weighted by molar-refractivity contribution is 7.99. The second-order valence-corrected chi connectivity index (χ2v) is 6.54. The van der Waals surface area contributed by atoms with Crippen LogP contribution in [0, 0.1) is 5.92 Å². The SMILES string of the molecule is CC(C)CC(CN)c1nc(CSC(C)C)no1. The molecule has 4 nitrogen and oxygen atoms in total. The standard InChI is InChI=1S/C12H23N3OS/c1-8(2)5-10(6-13)12-14-11(15-16-12)7-17-9(3)4/h8-10H,5-7,13H2,1-4H3. The Labute approximate surface area is 108 Å². The summed E-state index contributed by atoms with van der Waals surface area (Å²) >= 11 is 1.81. The Morgan fingerprint density at radius 2 is 2.00 bits per heavy atom. The molecular weight excluding hydrogens is 234 g/mol. The molecule has 1 atom stereocenters. The molecule has 0 fully saturated rings. The van der Waals surface area contributed by atoms with Gasteiger partial charge in [-0.05, 0) is 17.6 Å². The van der Waals surface area contributed by atoms with E-state index in [9.17, 15) is 0 Å². The molecule has 0 aromatic carbocycles. The Morgan fingerprint density at radius 1 is 1.29 bits per heavy atom. The fourth-order valence-electron chi connectivity index (χ4n) is 1.60. The molecule has 0 aliphatic carbocycles. The molecule has 1 rings (SSSR count). The second-order valence-electron chi connectivity index (χ2n) is 4.97. The van der Waals surface area contributed by atoms with E-state index in [1.807, 2.05) is 11.8 Å². The number of nitrogens with zero attached hydrogens (tertiary/aromatic N) is 2. The van der Waals surface area contributed by atoms with Gasteiger partial charge in [-0.15, -0.1) is 0 Å². The zero-order valence-corrected chi connectivity index (χ0v) is 12.0. The summed E-state index contributed by atoms with van der Waals surface area (Å²) < 4.78 is 5.30. The number of rotatable bonds is 7. The van der Waals surface area contributed by atoms with Crippen molar-refractivity contribution in [1.82, 2.24) is 10.1 Å². The van der Waals surface area contributed by atoms with Crippen LogP contribution in [0.3, 0.4) is 0 Å². The van der Waals surface area contributed by atoms with Crippen molar-refractivity contribution in [2.75, 3.05) is 6.54 Å². The number of hydrogen-bond acceptors (Lipinski definition) is 5. The van der Waals surface area contributed by atoms with Gasteiger partial charge in [-0.3, -0.25) is 0 Å². The van der Waals surface area contributed by atoms with E-state index in [0.29, 0.717) is 23.6 Å². The number of thioether (sulfide) groups is 1. The van der Waals surface area contributed by atoms with Gasteiger partial charge in [-0.25, -0.2) is 0 Å². The summed E-state index contributed by atoms with van der Waals surface area (Å²) in [6.07, 6.45) is 0.995. The van der Waals surface area contributed by atoms with E-state index in [-0.39, 0.29) is 5.92 Å². The third-order valence-electron chi connectivity index (χ3n) is 2.42. The van der Waals surface area contributed by atoms with Crippen LogP contribution in [-0.2, 0) is 5.75 Å². The molecule has 0 aliphatic heterocycles. The van der Waals surface area contributed by atoms with Crippen molar-refractivity contribution in [2.45, 2.75) is 51.0 Å². The van der Waals surface area contributed by atoms with Crippen LogP contribution in [0.25, 0.3) is 0 Å². The average molecular weight is 257 g/mol. The Kier molecular flexibility index (Phi) is 5.98. The van der Waals surface area contributed by atoms with E-state index >= 15 is 0 Å². The molecule has 5 heteroatoms. The predicted molar refractivity (Wildman–Crippen MR) is 72.0 cm³/mol. The first-order chi connectivity index (χ1) is 8.02. The van der Waals surface area contributed by atoms with Crippen LogP contribution in [0.5, 0.6) is 0 Å². The van der Waals surface area contributed by atoms with Crippen molar-refractivity contribution >= 4 is 11.8 Å². The summed E-state index contributed by atoms with van der Waals surface area (Å²) in [5.74, 6) is 3.06. The molecule has 0 saturated carbocycles. The largest absolute Gasteiger partial charge is 0.339 e. The molecule has 1 heterocycles. The maximum absolute atomic E-state index is 5.75. The zero-order valence-electron chi connectivity index (χ0n) is 11.1. The fourth-order valence-corrected chi connectivity index (χ4v) is 2.20. The highest BCUT2D eigenvalue weighted by atomic mass is 32.2. The van der Waals surface area contributed by atoms with E-state index in [4.69, 9.17) is 10.3 Å². The molecule has 1 unspecified atom stereocenters. The van der Waals surface area contributed by atoms with Gasteiger partial charge >= 0.3 is 0 Å². The molecular formula is C12H23N3OS. The summed E-state index contributed by atoms with van der Waals surface area (Å²) in [4.78, 5) is 4.43. The van der Waals surface area contributed by atoms with Crippen LogP contribution in [0.1, 0.15) is 51.7 Å². The third kappa shape index (κ3) is 5.08. The van der Waals surface area contributed by atoms with Crippen LogP contribution in [-0.4, -0.2) is 21.9 Å². The summed E-state index contributed by atoms with van der Waals surface area (Å²) in [7, 11) is 0. The van der Waals surface area contributed by atoms with Crippen molar-refractivity contribution in [3.05, 3.63) is 11.7 Å². The van der Waals surface area contributed by atoms with Crippen LogP contribution in [0.15, 0.2) is 4.52 Å². The molecule has 0 bridgehead atoms. The number of nitrogens with two attached hydrogens (primary N) is 1. The molecule has 0 amide bonds. The normalized spacial score (nSPS) is 13.6. The molecule has 0 saturated heterocycles. The first kappa shape index (κ1) is 14.5. The minimum Gasteiger partial charge on any atom is -0.339 e. The molecule has 17 heavy (non-hydrogen) atoms. The van der Waals surface area contributed by atoms with Gasteiger partial charge in [0.25, 0.3) is 0 Å². The lowest BCUT2D eigenvalue weighted by Gasteiger charge is -2.11. The third-order valence-corrected chi connectivity index (χ3v) is 3.51. The monoisotopic (exact) mass is 257 g/mol. The molecule has 98 valence electrons. The van der Waals surface area contributed by atoms with Gasteiger partial charge in [-0.1, -0.05) is 32.9 Å². The van der Waals surface area contributed by atoms with E-state index in [0.717, 1.165) is 18.0 Å². The Bertz CT molecular complexity index is 325. The van der Waals surface area contributed by atoms with Crippen molar-refractivity contribution in [3.8, 4) is 0 Å². The van der Waals surface area contributed by atoms with Crippen molar-refractivity contribution in [2.24, 2.45) is 11.7 Å². The minimum atomic E-state index is 0.195. The van der Waals surface area contributed by atoms with Gasteiger partial charge in [0.15, 0.2) is 5.82 Å². The van der Waals surface area contributed by atoms with Crippen LogP contribution in [0.4, 0.5) is 0 Å². The Hall–Kier alpha value is -0.550. The summed E-state index contributed by atoms with van der Waals surface area (Å²) in [5, 5.41) is 4.58. The maximum atomic E-state index is 5.75. The highest BCUT2D eigenvalue weighted by Crippen LogP contribution is 2.22. The van der Waals surface area contributed by atoms with Crippen molar-refractivity contribution in [1.29, 1.82) is 0 Å². The average Bonchev–Trinajstić information content (AvgIpc) is 2.71. The van der Waals surface area contributed by atoms with Crippen LogP contribution in [0.2, 0.25) is 0 Å². The topological polar surface area (TPSA) is 64.9 Å². The summed E-state index contributed by atoms with van der Waals surface area (Å²) in [6.45, 7) is 9.24. The van der Waals surface area contributed by atoms with E-state index in [1.165, 1.54) is 0 Å². The lowest BCUT2D eigenvalue weighted by molar-refractivity contribution is 0.332. The van der Waals surface area contributed by atoms with E-state index in [2.05, 4.69) is 37.8 Å². The van der Waals surface area contributed by atoms with Gasteiger partial charge in [0.05, 0.1) is 11.7 Å². The van der Waals surface area contributed by atoms with Crippen molar-refractivity contribution in [3.63, 3.8) is 0 Å². The molecule has 0 radical (unpaired) electrons. The summed E-state index contributed by atoms with van der Waals surface area (Å²) in [5.41, 5.74) is 5.75. The highest BCUT2D eigenvalue weighted by Gasteiger charge is 2.18. The quantitative estimate of drug-likeness (QED) is 0.813. The predicted octanol–water partition coefficient (Wildman–Crippen LogP) is 2.80. The Morgan fingerprint density at radius 3 is 2.53 bits per heavy atom. The zero-order chi connectivity index (χ0) is 12.8. The smallest absolute Gasteiger partial charge is 0.231 e. The number of hydrogen-bond donors (Lipinski definition) is 1. The first-order valence-electron chi connectivity index (χ1n) is 6.17. The Balaban J connectivity index is 2.58. The molecule has 2 N–H and O–H groups in total. The van der Waals surface area contributed by atoms with Gasteiger partial charge in [0.1, 0.15) is 0 Å². The molecule has 1 aromatic heterocycles. The van der Waals surface area contributed by atoms with E-state index in [1.54, 1.807) is 0 Å². The van der Waals surface area contributed by atoms with Crippen LogP contribution >= 0.6 is 11.8 Å². The van der Waals surface area contributed by atoms with Gasteiger partial charge < -0.3 is 10.3 Å². The molecule has 0 spiro atoms. The van der Waals surface area contributed by atoms with Gasteiger partial charge in [0.2, 0.25) is 5.89 Å². The fraction of sp³-hybridized carbons (Fsp3) is 0.833. The van der Waals surface area contributed by atoms with Gasteiger partial charge in [-0.2, -0.15) is 16.7 Å². The minimum absolute atomic E-state index is 0.195. The van der Waals surface area contributed by atoms with E-state index < -0.39 is 0 Å². The first-order valence-corrected chi connectivity index (χ1v) is 7.22. The lowest BCUT2D eigenvalue weighted by atomic mass is 9.97. The van der Waals surface area contributed by atoms with Gasteiger partial charge in [0, 0.05) is 6.54 Å². The second kappa shape index (κ2) is 7.01. The lowest BCUT2D eigenvalue weighted by Crippen LogP contribution is -2.15. The number of aromatic nitrogens is 2. The molecule has 0 aliphatic rings. The molecule has 1 aromatic rings.